The van der Waals surface area contributed by atoms with Gasteiger partial charge in [0, 0.05) is 29.5 Å². The zero-order chi connectivity index (χ0) is 17.9. The van der Waals surface area contributed by atoms with Gasteiger partial charge in [-0.1, -0.05) is 48.4 Å². The van der Waals surface area contributed by atoms with E-state index in [4.69, 9.17) is 0 Å². The van der Waals surface area contributed by atoms with Crippen molar-refractivity contribution < 1.29 is 14.5 Å². The first-order valence-electron chi connectivity index (χ1n) is 7.66. The Morgan fingerprint density at radius 2 is 1.92 bits per heavy atom. The summed E-state index contributed by atoms with van der Waals surface area (Å²) in [6, 6.07) is 6.58. The average Bonchev–Trinajstić information content (AvgIpc) is 2.52. The van der Waals surface area contributed by atoms with Crippen molar-refractivity contribution in [3.63, 3.8) is 0 Å². The number of carbonyl (C=O) groups is 1. The van der Waals surface area contributed by atoms with Crippen LogP contribution in [0.1, 0.15) is 32.3 Å². The first-order valence-corrected chi connectivity index (χ1v) is 7.66. The number of ether oxygens (including phenoxy) is 1. The summed E-state index contributed by atoms with van der Waals surface area (Å²) in [5.41, 5.74) is 2.86. The van der Waals surface area contributed by atoms with Gasteiger partial charge in [0.15, 0.2) is 0 Å². The minimum Gasteiger partial charge on any atom is -0.466 e. The van der Waals surface area contributed by atoms with Gasteiger partial charge in [-0.15, -0.1) is 0 Å². The van der Waals surface area contributed by atoms with Crippen molar-refractivity contribution in [2.45, 2.75) is 26.7 Å². The quantitative estimate of drug-likeness (QED) is 0.357. The first-order chi connectivity index (χ1) is 11.3. The molecule has 1 aliphatic carbocycles. The van der Waals surface area contributed by atoms with Gasteiger partial charge >= 0.3 is 5.97 Å². The van der Waals surface area contributed by atoms with Crippen molar-refractivity contribution in [2.24, 2.45) is 5.41 Å². The highest BCUT2D eigenvalue weighted by Crippen LogP contribution is 2.47. The molecule has 5 heteroatoms. The largest absolute Gasteiger partial charge is 0.466 e. The summed E-state index contributed by atoms with van der Waals surface area (Å²) in [6.45, 7) is 6.09. The molecule has 0 radical (unpaired) electrons. The van der Waals surface area contributed by atoms with Gasteiger partial charge in [-0.05, 0) is 19.4 Å². The first kappa shape index (κ1) is 17.7. The minimum atomic E-state index is -0.423. The molecule has 0 N–H and O–H groups in total. The number of carbonyl (C=O) groups excluding carboxylic acids is 1. The van der Waals surface area contributed by atoms with Gasteiger partial charge in [0.25, 0.3) is 5.69 Å². The van der Waals surface area contributed by atoms with E-state index in [2.05, 4.69) is 16.9 Å². The van der Waals surface area contributed by atoms with E-state index in [1.165, 1.54) is 25.3 Å². The summed E-state index contributed by atoms with van der Waals surface area (Å²) < 4.78 is 4.69. The van der Waals surface area contributed by atoms with Crippen LogP contribution < -0.4 is 0 Å². The highest BCUT2D eigenvalue weighted by molar-refractivity contribution is 5.82. The number of nitro benzene ring substituents is 1. The highest BCUT2D eigenvalue weighted by atomic mass is 16.6. The fourth-order valence-electron chi connectivity index (χ4n) is 3.42. The molecular formula is C19H21NO4. The summed E-state index contributed by atoms with van der Waals surface area (Å²) in [4.78, 5) is 22.0. The van der Waals surface area contributed by atoms with Gasteiger partial charge in [0.2, 0.25) is 0 Å². The molecule has 2 atom stereocenters. The lowest BCUT2D eigenvalue weighted by atomic mass is 9.66. The molecule has 5 nitrogen and oxygen atoms in total. The second-order valence-electron chi connectivity index (χ2n) is 6.28. The fourth-order valence-corrected chi connectivity index (χ4v) is 3.42. The summed E-state index contributed by atoms with van der Waals surface area (Å²) in [5, 5.41) is 10.9. The van der Waals surface area contributed by atoms with E-state index in [-0.39, 0.29) is 11.6 Å². The average molecular weight is 327 g/mol. The third kappa shape index (κ3) is 3.62. The normalized spacial score (nSPS) is 23.6. The van der Waals surface area contributed by atoms with Crippen LogP contribution in [0.4, 0.5) is 5.69 Å². The number of nitrogens with zero attached hydrogens (tertiary/aromatic N) is 1. The van der Waals surface area contributed by atoms with Crippen molar-refractivity contribution in [1.82, 2.24) is 0 Å². The maximum Gasteiger partial charge on any atom is 0.330 e. The van der Waals surface area contributed by atoms with Crippen LogP contribution in [0.3, 0.4) is 0 Å². The second kappa shape index (κ2) is 6.83. The standard InChI is InChI=1S/C19H21NO4/c1-13-11-14(2)18(15-5-7-16(8-6-15)20(22)23)19(3,12-13)10-9-17(21)24-4/h5-12,18H,1-4H3/b10-9+/t18-,19+/m0/s1. The molecule has 2 rings (SSSR count). The smallest absolute Gasteiger partial charge is 0.330 e. The lowest BCUT2D eigenvalue weighted by molar-refractivity contribution is -0.384. The van der Waals surface area contributed by atoms with Gasteiger partial charge in [-0.2, -0.15) is 0 Å². The molecule has 0 heterocycles. The molecule has 24 heavy (non-hydrogen) atoms. The Kier molecular flexibility index (Phi) is 5.02. The number of benzene rings is 1. The van der Waals surface area contributed by atoms with E-state index in [1.807, 2.05) is 26.8 Å². The molecule has 0 amide bonds. The van der Waals surface area contributed by atoms with E-state index < -0.39 is 16.3 Å². The topological polar surface area (TPSA) is 69.4 Å². The van der Waals surface area contributed by atoms with Crippen LogP contribution >= 0.6 is 0 Å². The van der Waals surface area contributed by atoms with Gasteiger partial charge < -0.3 is 4.74 Å². The highest BCUT2D eigenvalue weighted by Gasteiger charge is 2.35. The third-order valence-corrected chi connectivity index (χ3v) is 4.29. The van der Waals surface area contributed by atoms with Crippen LogP contribution in [0.15, 0.2) is 59.7 Å². The molecule has 0 spiro atoms. The van der Waals surface area contributed by atoms with Crippen LogP contribution in [0.2, 0.25) is 0 Å². The Bertz CT molecular complexity index is 743. The molecule has 0 aromatic heterocycles. The van der Waals surface area contributed by atoms with Crippen LogP contribution in [-0.4, -0.2) is 18.0 Å². The van der Waals surface area contributed by atoms with E-state index >= 15 is 0 Å². The maximum absolute atomic E-state index is 11.5. The number of non-ortho nitro benzene ring substituents is 1. The van der Waals surface area contributed by atoms with E-state index in [0.29, 0.717) is 0 Å². The fraction of sp³-hybridized carbons (Fsp3) is 0.316. The Morgan fingerprint density at radius 1 is 1.29 bits per heavy atom. The molecule has 0 unspecified atom stereocenters. The van der Waals surface area contributed by atoms with Crippen LogP contribution in [-0.2, 0) is 9.53 Å². The lowest BCUT2D eigenvalue weighted by Gasteiger charge is -2.37. The number of hydrogen-bond acceptors (Lipinski definition) is 4. The van der Waals surface area contributed by atoms with Crippen molar-refractivity contribution in [2.75, 3.05) is 7.11 Å². The zero-order valence-corrected chi connectivity index (χ0v) is 14.3. The Morgan fingerprint density at radius 3 is 2.46 bits per heavy atom. The van der Waals surface area contributed by atoms with Crippen LogP contribution in [0.25, 0.3) is 0 Å². The zero-order valence-electron chi connectivity index (χ0n) is 14.3. The van der Waals surface area contributed by atoms with Crippen molar-refractivity contribution >= 4 is 11.7 Å². The van der Waals surface area contributed by atoms with Crippen LogP contribution in [0, 0.1) is 15.5 Å². The molecular weight excluding hydrogens is 306 g/mol. The van der Waals surface area contributed by atoms with Crippen molar-refractivity contribution in [3.8, 4) is 0 Å². The van der Waals surface area contributed by atoms with Gasteiger partial charge in [0.1, 0.15) is 0 Å². The molecule has 0 aliphatic heterocycles. The number of rotatable bonds is 4. The summed E-state index contributed by atoms with van der Waals surface area (Å²) in [5.74, 6) is -0.417. The molecule has 1 aromatic carbocycles. The number of methoxy groups -OCH3 is 1. The molecule has 0 bridgehead atoms. The monoisotopic (exact) mass is 327 g/mol. The molecule has 1 aromatic rings. The molecule has 1 aliphatic rings. The number of esters is 1. The van der Waals surface area contributed by atoms with Crippen molar-refractivity contribution in [1.29, 1.82) is 0 Å². The Hall–Kier alpha value is -2.69. The van der Waals surface area contributed by atoms with Gasteiger partial charge in [-0.3, -0.25) is 10.1 Å². The summed E-state index contributed by atoms with van der Waals surface area (Å²) in [6.07, 6.45) is 7.47. The van der Waals surface area contributed by atoms with Gasteiger partial charge in [-0.25, -0.2) is 4.79 Å². The third-order valence-electron chi connectivity index (χ3n) is 4.29. The molecule has 0 saturated carbocycles. The Labute approximate surface area is 141 Å². The Balaban J connectivity index is 2.47. The molecule has 126 valence electrons. The van der Waals surface area contributed by atoms with E-state index in [0.717, 1.165) is 16.7 Å². The summed E-state index contributed by atoms with van der Waals surface area (Å²) >= 11 is 0. The predicted molar refractivity (Wildman–Crippen MR) is 92.6 cm³/mol. The van der Waals surface area contributed by atoms with E-state index in [9.17, 15) is 14.9 Å². The summed E-state index contributed by atoms with van der Waals surface area (Å²) in [7, 11) is 1.34. The number of allylic oxidation sites excluding steroid dienone is 5. The minimum absolute atomic E-state index is 0.0112. The SMILES string of the molecule is COC(=O)/C=C/[C@]1(C)C=C(C)C=C(C)[C@H]1c1ccc([N+](=O)[O-])cc1. The maximum atomic E-state index is 11.5. The molecule has 0 saturated heterocycles. The van der Waals surface area contributed by atoms with E-state index in [1.54, 1.807) is 12.1 Å². The van der Waals surface area contributed by atoms with Gasteiger partial charge in [0.05, 0.1) is 12.0 Å². The number of nitro groups is 1. The van der Waals surface area contributed by atoms with Crippen LogP contribution in [0.5, 0.6) is 0 Å². The number of hydrogen-bond donors (Lipinski definition) is 0. The molecule has 0 fully saturated rings. The lowest BCUT2D eigenvalue weighted by Crippen LogP contribution is -2.25. The van der Waals surface area contributed by atoms with Crippen molar-refractivity contribution in [3.05, 3.63) is 75.4 Å². The second-order valence-corrected chi connectivity index (χ2v) is 6.28. The predicted octanol–water partition coefficient (Wildman–Crippen LogP) is 4.32.